The molecule has 0 bridgehead atoms. The molecule has 2 heterocycles. The van der Waals surface area contributed by atoms with E-state index in [1.165, 1.54) is 0 Å². The molecular weight excluding hydrogens is 297 g/mol. The van der Waals surface area contributed by atoms with Crippen LogP contribution in [0.2, 0.25) is 0 Å². The van der Waals surface area contributed by atoms with Crippen LogP contribution in [0.4, 0.5) is 4.39 Å². The van der Waals surface area contributed by atoms with E-state index in [2.05, 4.69) is 5.10 Å². The number of aromatic nitrogens is 3. The topological polar surface area (TPSA) is 49.1 Å². The van der Waals surface area contributed by atoms with Crippen molar-refractivity contribution in [1.29, 1.82) is 0 Å². The molecule has 0 amide bonds. The van der Waals surface area contributed by atoms with Crippen LogP contribution in [-0.4, -0.2) is 21.2 Å². The van der Waals surface area contributed by atoms with Crippen molar-refractivity contribution in [3.8, 4) is 22.7 Å². The van der Waals surface area contributed by atoms with E-state index in [0.717, 1.165) is 16.8 Å². The second kappa shape index (κ2) is 6.08. The maximum absolute atomic E-state index is 12.3. The lowest BCUT2D eigenvalue weighted by Crippen LogP contribution is -2.18. The minimum atomic E-state index is -0.880. The van der Waals surface area contributed by atoms with Gasteiger partial charge in [-0.2, -0.15) is 5.10 Å². The van der Waals surface area contributed by atoms with Gasteiger partial charge in [0, 0.05) is 36.8 Å². The van der Waals surface area contributed by atoms with Crippen molar-refractivity contribution in [2.45, 2.75) is 6.92 Å². The second-order valence-electron chi connectivity index (χ2n) is 5.17. The summed E-state index contributed by atoms with van der Waals surface area (Å²) in [4.78, 5) is 12.3. The average Bonchev–Trinajstić information content (AvgIpc) is 2.95. The van der Waals surface area contributed by atoms with Crippen molar-refractivity contribution in [2.24, 2.45) is 7.05 Å². The van der Waals surface area contributed by atoms with Crippen LogP contribution in [0.3, 0.4) is 0 Å². The van der Waals surface area contributed by atoms with Crippen LogP contribution < -0.4 is 10.3 Å². The minimum absolute atomic E-state index is 0.132. The lowest BCUT2D eigenvalue weighted by atomic mass is 10.1. The number of nitrogens with zero attached hydrogens (tertiary/aromatic N) is 3. The fourth-order valence-electron chi connectivity index (χ4n) is 2.50. The lowest BCUT2D eigenvalue weighted by molar-refractivity contribution is 0.192. The molecule has 3 aromatic rings. The van der Waals surface area contributed by atoms with Crippen molar-refractivity contribution in [2.75, 3.05) is 6.86 Å². The molecule has 0 fully saturated rings. The van der Waals surface area contributed by atoms with Gasteiger partial charge in [-0.25, -0.2) is 4.39 Å². The highest BCUT2D eigenvalue weighted by molar-refractivity contribution is 5.63. The Morgan fingerprint density at radius 3 is 2.57 bits per heavy atom. The number of ether oxygens (including phenoxy) is 1. The Labute approximate surface area is 132 Å². The SMILES string of the molecule is Cc1cc(=O)n(-c2ccc(OCF)cc2)cc1-c1ccnn1C. The number of benzene rings is 1. The van der Waals surface area contributed by atoms with Crippen LogP contribution in [0.5, 0.6) is 5.75 Å². The summed E-state index contributed by atoms with van der Waals surface area (Å²) >= 11 is 0. The Bertz CT molecular complexity index is 882. The summed E-state index contributed by atoms with van der Waals surface area (Å²) in [6, 6.07) is 10.2. The van der Waals surface area contributed by atoms with Gasteiger partial charge >= 0.3 is 0 Å². The van der Waals surface area contributed by atoms with Crippen molar-refractivity contribution in [1.82, 2.24) is 14.3 Å². The summed E-state index contributed by atoms with van der Waals surface area (Å²) in [5.41, 5.74) is 3.28. The van der Waals surface area contributed by atoms with E-state index in [-0.39, 0.29) is 5.56 Å². The monoisotopic (exact) mass is 313 g/mol. The van der Waals surface area contributed by atoms with Crippen molar-refractivity contribution in [3.63, 3.8) is 0 Å². The zero-order valence-corrected chi connectivity index (χ0v) is 12.9. The van der Waals surface area contributed by atoms with E-state index in [9.17, 15) is 9.18 Å². The molecule has 0 aliphatic heterocycles. The maximum atomic E-state index is 12.3. The molecule has 0 atom stereocenters. The maximum Gasteiger partial charge on any atom is 0.255 e. The fourth-order valence-corrected chi connectivity index (χ4v) is 2.50. The Hall–Kier alpha value is -2.89. The molecule has 0 radical (unpaired) electrons. The quantitative estimate of drug-likeness (QED) is 0.744. The molecule has 118 valence electrons. The summed E-state index contributed by atoms with van der Waals surface area (Å²) in [5, 5.41) is 4.17. The molecule has 0 N–H and O–H groups in total. The lowest BCUT2D eigenvalue weighted by Gasteiger charge is -2.12. The number of halogens is 1. The third-order valence-electron chi connectivity index (χ3n) is 3.69. The van der Waals surface area contributed by atoms with E-state index < -0.39 is 6.86 Å². The zero-order chi connectivity index (χ0) is 16.4. The van der Waals surface area contributed by atoms with Crippen molar-refractivity contribution < 1.29 is 9.13 Å². The van der Waals surface area contributed by atoms with Crippen molar-refractivity contribution >= 4 is 0 Å². The van der Waals surface area contributed by atoms with E-state index in [0.29, 0.717) is 11.4 Å². The van der Waals surface area contributed by atoms with Gasteiger partial charge in [-0.3, -0.25) is 14.0 Å². The molecular formula is C17H16FN3O2. The second-order valence-corrected chi connectivity index (χ2v) is 5.17. The molecule has 0 spiro atoms. The molecule has 1 aromatic carbocycles. The largest absolute Gasteiger partial charge is 0.463 e. The molecule has 23 heavy (non-hydrogen) atoms. The Balaban J connectivity index is 2.09. The first-order chi connectivity index (χ1) is 11.1. The predicted octanol–water partition coefficient (Wildman–Crippen LogP) is 2.85. The molecule has 0 saturated heterocycles. The standard InChI is InChI=1S/C17H16FN3O2/c1-12-9-17(22)21(10-15(12)16-7-8-19-20(16)2)13-3-5-14(6-4-13)23-11-18/h3-10H,11H2,1-2H3. The smallest absolute Gasteiger partial charge is 0.255 e. The Morgan fingerprint density at radius 2 is 1.96 bits per heavy atom. The molecule has 0 unspecified atom stereocenters. The summed E-state index contributed by atoms with van der Waals surface area (Å²) in [7, 11) is 1.85. The first-order valence-electron chi connectivity index (χ1n) is 7.11. The highest BCUT2D eigenvalue weighted by atomic mass is 19.1. The van der Waals surface area contributed by atoms with Gasteiger partial charge in [0.1, 0.15) is 5.75 Å². The summed E-state index contributed by atoms with van der Waals surface area (Å²) in [6.07, 6.45) is 3.51. The van der Waals surface area contributed by atoms with E-state index >= 15 is 0 Å². The average molecular weight is 313 g/mol. The zero-order valence-electron chi connectivity index (χ0n) is 12.9. The van der Waals surface area contributed by atoms with E-state index in [4.69, 9.17) is 4.74 Å². The van der Waals surface area contributed by atoms with Crippen molar-refractivity contribution in [3.05, 3.63) is 64.7 Å². The van der Waals surface area contributed by atoms with Crippen LogP contribution in [0.25, 0.3) is 16.9 Å². The van der Waals surface area contributed by atoms with Gasteiger partial charge in [0.05, 0.1) is 5.69 Å². The van der Waals surface area contributed by atoms with Gasteiger partial charge in [0.25, 0.3) is 5.56 Å². The number of alkyl halides is 1. The molecule has 0 saturated carbocycles. The molecule has 0 aliphatic carbocycles. The van der Waals surface area contributed by atoms with Crippen LogP contribution in [0.1, 0.15) is 5.56 Å². The van der Waals surface area contributed by atoms with Crippen LogP contribution in [-0.2, 0) is 7.05 Å². The highest BCUT2D eigenvalue weighted by Crippen LogP contribution is 2.22. The number of rotatable bonds is 4. The first kappa shape index (κ1) is 15.0. The fraction of sp³-hybridized carbons (Fsp3) is 0.176. The van der Waals surface area contributed by atoms with Gasteiger partial charge in [-0.1, -0.05) is 0 Å². The third-order valence-corrected chi connectivity index (χ3v) is 3.69. The molecule has 3 rings (SSSR count). The van der Waals surface area contributed by atoms with Gasteiger partial charge in [0.2, 0.25) is 6.86 Å². The molecule has 6 heteroatoms. The number of hydrogen-bond acceptors (Lipinski definition) is 3. The van der Waals surface area contributed by atoms with Crippen LogP contribution in [0, 0.1) is 6.92 Å². The van der Waals surface area contributed by atoms with Crippen LogP contribution >= 0.6 is 0 Å². The minimum Gasteiger partial charge on any atom is -0.463 e. The van der Waals surface area contributed by atoms with Crippen LogP contribution in [0.15, 0.2) is 53.6 Å². The van der Waals surface area contributed by atoms with Gasteiger partial charge in [-0.15, -0.1) is 0 Å². The third kappa shape index (κ3) is 2.88. The van der Waals surface area contributed by atoms with Gasteiger partial charge in [0.15, 0.2) is 0 Å². The first-order valence-corrected chi connectivity index (χ1v) is 7.11. The van der Waals surface area contributed by atoms with E-state index in [1.54, 1.807) is 52.0 Å². The summed E-state index contributed by atoms with van der Waals surface area (Å²) < 4.78 is 20.3. The normalized spacial score (nSPS) is 10.7. The summed E-state index contributed by atoms with van der Waals surface area (Å²) in [5.74, 6) is 0.420. The van der Waals surface area contributed by atoms with Gasteiger partial charge in [-0.05, 0) is 42.8 Å². The van der Waals surface area contributed by atoms with Gasteiger partial charge < -0.3 is 4.74 Å². The highest BCUT2D eigenvalue weighted by Gasteiger charge is 2.10. The molecule has 5 nitrogen and oxygen atoms in total. The number of pyridine rings is 1. The molecule has 0 aliphatic rings. The predicted molar refractivity (Wildman–Crippen MR) is 85.6 cm³/mol. The number of aryl methyl sites for hydroxylation is 2. The summed E-state index contributed by atoms with van der Waals surface area (Å²) in [6.45, 7) is 1.01. The number of hydrogen-bond donors (Lipinski definition) is 0. The van der Waals surface area contributed by atoms with E-state index in [1.807, 2.05) is 20.0 Å². The Morgan fingerprint density at radius 1 is 1.22 bits per heavy atom. The molecule has 2 aromatic heterocycles. The Kier molecular flexibility index (Phi) is 3.97.